The molecule has 114 valence electrons. The van der Waals surface area contributed by atoms with Crippen LogP contribution in [0, 0.1) is 0 Å². The molecule has 1 N–H and O–H groups in total. The second-order valence-corrected chi connectivity index (χ2v) is 6.07. The maximum Gasteiger partial charge on any atom is 0.324 e. The number of carbonyl (C=O) groups excluding carboxylic acids is 1. The molecule has 0 aliphatic carbocycles. The molecule has 2 aromatic carbocycles. The monoisotopic (exact) mass is 313 g/mol. The maximum absolute atomic E-state index is 12.4. The smallest absolute Gasteiger partial charge is 0.324 e. The molecule has 1 heterocycles. The van der Waals surface area contributed by atoms with E-state index in [1.807, 2.05) is 60.7 Å². The summed E-state index contributed by atoms with van der Waals surface area (Å²) in [7, 11) is 0. The van der Waals surface area contributed by atoms with Crippen molar-refractivity contribution in [2.24, 2.45) is 0 Å². The second-order valence-electron chi connectivity index (χ2n) is 5.45. The first-order chi connectivity index (χ1) is 10.7. The summed E-state index contributed by atoms with van der Waals surface area (Å²) < 4.78 is 5.82. The Hall–Kier alpha value is -1.78. The molecule has 1 aliphatic rings. The molecule has 0 bridgehead atoms. The van der Waals surface area contributed by atoms with Gasteiger partial charge in [-0.2, -0.15) is 12.6 Å². The minimum absolute atomic E-state index is 0.0736. The standard InChI is InChI=1S/C18H19NO2S/c20-18(15-11-12-16(22)19-15)21-17(13-7-3-1-4-8-13)14-9-5-2-6-10-14/h1-10,15-17,19,22H,11-12H2/t15-,16?/m0/s1. The van der Waals surface area contributed by atoms with Crippen molar-refractivity contribution in [3.63, 3.8) is 0 Å². The molecular weight excluding hydrogens is 294 g/mol. The molecule has 0 radical (unpaired) electrons. The average molecular weight is 313 g/mol. The van der Waals surface area contributed by atoms with E-state index in [-0.39, 0.29) is 23.5 Å². The molecule has 22 heavy (non-hydrogen) atoms. The van der Waals surface area contributed by atoms with E-state index in [1.165, 1.54) is 0 Å². The van der Waals surface area contributed by atoms with Gasteiger partial charge in [0.05, 0.1) is 5.37 Å². The van der Waals surface area contributed by atoms with Crippen molar-refractivity contribution in [3.05, 3.63) is 71.8 Å². The lowest BCUT2D eigenvalue weighted by Gasteiger charge is -2.21. The van der Waals surface area contributed by atoms with Crippen molar-refractivity contribution < 1.29 is 9.53 Å². The van der Waals surface area contributed by atoms with Crippen molar-refractivity contribution in [1.82, 2.24) is 5.32 Å². The van der Waals surface area contributed by atoms with Gasteiger partial charge in [0.25, 0.3) is 0 Å². The summed E-state index contributed by atoms with van der Waals surface area (Å²) >= 11 is 4.36. The summed E-state index contributed by atoms with van der Waals surface area (Å²) in [6.07, 6.45) is 1.27. The molecule has 2 aromatic rings. The molecule has 1 unspecified atom stereocenters. The largest absolute Gasteiger partial charge is 0.451 e. The summed E-state index contributed by atoms with van der Waals surface area (Å²) in [5.74, 6) is -0.214. The first kappa shape index (κ1) is 15.1. The third-order valence-corrected chi connectivity index (χ3v) is 4.25. The summed E-state index contributed by atoms with van der Waals surface area (Å²) in [6, 6.07) is 19.4. The van der Waals surface area contributed by atoms with E-state index >= 15 is 0 Å². The number of thiol groups is 1. The van der Waals surface area contributed by atoms with Gasteiger partial charge in [0.15, 0.2) is 6.10 Å². The summed E-state index contributed by atoms with van der Waals surface area (Å²) in [4.78, 5) is 12.4. The molecule has 4 heteroatoms. The minimum Gasteiger partial charge on any atom is -0.451 e. The third-order valence-electron chi connectivity index (χ3n) is 3.85. The van der Waals surface area contributed by atoms with Crippen LogP contribution in [0.3, 0.4) is 0 Å². The van der Waals surface area contributed by atoms with Gasteiger partial charge in [0.1, 0.15) is 6.04 Å². The van der Waals surface area contributed by atoms with Crippen LogP contribution in [0.1, 0.15) is 30.1 Å². The fourth-order valence-electron chi connectivity index (χ4n) is 2.69. The fraction of sp³-hybridized carbons (Fsp3) is 0.278. The van der Waals surface area contributed by atoms with Crippen LogP contribution < -0.4 is 5.32 Å². The number of esters is 1. The first-order valence-corrected chi connectivity index (χ1v) is 8.00. The molecule has 0 aromatic heterocycles. The predicted octanol–water partition coefficient (Wildman–Crippen LogP) is 3.33. The lowest BCUT2D eigenvalue weighted by molar-refractivity contribution is -0.149. The molecule has 1 aliphatic heterocycles. The van der Waals surface area contributed by atoms with E-state index in [0.29, 0.717) is 0 Å². The van der Waals surface area contributed by atoms with Gasteiger partial charge in [0.2, 0.25) is 0 Å². The van der Waals surface area contributed by atoms with E-state index in [0.717, 1.165) is 24.0 Å². The minimum atomic E-state index is -0.379. The van der Waals surface area contributed by atoms with Crippen LogP contribution in [0.5, 0.6) is 0 Å². The Balaban J connectivity index is 1.82. The van der Waals surface area contributed by atoms with E-state index < -0.39 is 0 Å². The number of hydrogen-bond acceptors (Lipinski definition) is 4. The first-order valence-electron chi connectivity index (χ1n) is 7.48. The van der Waals surface area contributed by atoms with Crippen LogP contribution in [0.4, 0.5) is 0 Å². The van der Waals surface area contributed by atoms with Crippen molar-refractivity contribution in [2.45, 2.75) is 30.4 Å². The lowest BCUT2D eigenvalue weighted by Crippen LogP contribution is -2.35. The Labute approximate surface area is 136 Å². The van der Waals surface area contributed by atoms with Crippen molar-refractivity contribution in [3.8, 4) is 0 Å². The molecule has 1 fully saturated rings. The normalized spacial score (nSPS) is 21.0. The van der Waals surface area contributed by atoms with Crippen LogP contribution in [0.25, 0.3) is 0 Å². The molecule has 0 amide bonds. The van der Waals surface area contributed by atoms with Gasteiger partial charge in [-0.25, -0.2) is 0 Å². The highest BCUT2D eigenvalue weighted by Gasteiger charge is 2.30. The van der Waals surface area contributed by atoms with Crippen LogP contribution in [-0.4, -0.2) is 17.4 Å². The topological polar surface area (TPSA) is 38.3 Å². The number of ether oxygens (including phenoxy) is 1. The molecule has 2 atom stereocenters. The molecule has 3 rings (SSSR count). The Kier molecular flexibility index (Phi) is 4.80. The van der Waals surface area contributed by atoms with Crippen LogP contribution in [0.2, 0.25) is 0 Å². The fourth-order valence-corrected chi connectivity index (χ4v) is 3.02. The molecule has 0 saturated carbocycles. The second kappa shape index (κ2) is 6.99. The van der Waals surface area contributed by atoms with Gasteiger partial charge >= 0.3 is 5.97 Å². The van der Waals surface area contributed by atoms with Gasteiger partial charge in [-0.15, -0.1) is 0 Å². The Morgan fingerprint density at radius 2 is 1.55 bits per heavy atom. The predicted molar refractivity (Wildman–Crippen MR) is 89.8 cm³/mol. The van der Waals surface area contributed by atoms with Crippen molar-refractivity contribution in [2.75, 3.05) is 0 Å². The van der Waals surface area contributed by atoms with Gasteiger partial charge in [-0.05, 0) is 24.0 Å². The summed E-state index contributed by atoms with van der Waals surface area (Å²) in [5.41, 5.74) is 1.95. The summed E-state index contributed by atoms with van der Waals surface area (Å²) in [6.45, 7) is 0. The molecule has 0 spiro atoms. The van der Waals surface area contributed by atoms with Gasteiger partial charge in [-0.3, -0.25) is 10.1 Å². The zero-order valence-electron chi connectivity index (χ0n) is 12.2. The van der Waals surface area contributed by atoms with Gasteiger partial charge < -0.3 is 4.74 Å². The Bertz CT molecular complexity index is 578. The summed E-state index contributed by atoms with van der Waals surface area (Å²) in [5, 5.41) is 3.23. The third kappa shape index (κ3) is 3.51. The van der Waals surface area contributed by atoms with E-state index in [2.05, 4.69) is 17.9 Å². The van der Waals surface area contributed by atoms with Gasteiger partial charge in [-0.1, -0.05) is 60.7 Å². The van der Waals surface area contributed by atoms with Crippen LogP contribution >= 0.6 is 12.6 Å². The van der Waals surface area contributed by atoms with Crippen LogP contribution in [-0.2, 0) is 9.53 Å². The van der Waals surface area contributed by atoms with Crippen molar-refractivity contribution >= 4 is 18.6 Å². The quantitative estimate of drug-likeness (QED) is 0.672. The Morgan fingerprint density at radius 3 is 2.00 bits per heavy atom. The SMILES string of the molecule is O=C(OC(c1ccccc1)c1ccccc1)[C@@H]1CCC(S)N1. The molecule has 3 nitrogen and oxygen atoms in total. The van der Waals surface area contributed by atoms with E-state index in [4.69, 9.17) is 4.74 Å². The highest BCUT2D eigenvalue weighted by Crippen LogP contribution is 2.27. The molecule has 1 saturated heterocycles. The maximum atomic E-state index is 12.4. The number of benzene rings is 2. The number of nitrogens with one attached hydrogen (secondary N) is 1. The van der Waals surface area contributed by atoms with E-state index in [9.17, 15) is 4.79 Å². The zero-order chi connectivity index (χ0) is 15.4. The van der Waals surface area contributed by atoms with E-state index in [1.54, 1.807) is 0 Å². The molecular formula is C18H19NO2S. The zero-order valence-corrected chi connectivity index (χ0v) is 13.1. The van der Waals surface area contributed by atoms with Crippen molar-refractivity contribution in [1.29, 1.82) is 0 Å². The number of rotatable bonds is 4. The van der Waals surface area contributed by atoms with Crippen LogP contribution in [0.15, 0.2) is 60.7 Å². The Morgan fingerprint density at radius 1 is 1.00 bits per heavy atom. The highest BCUT2D eigenvalue weighted by molar-refractivity contribution is 7.80. The highest BCUT2D eigenvalue weighted by atomic mass is 32.1. The average Bonchev–Trinajstić information content (AvgIpc) is 3.01. The van der Waals surface area contributed by atoms with Gasteiger partial charge in [0, 0.05) is 0 Å². The lowest BCUT2D eigenvalue weighted by atomic mass is 10.0. The number of carbonyl (C=O) groups is 1. The number of hydrogen-bond donors (Lipinski definition) is 2.